The lowest BCUT2D eigenvalue weighted by Gasteiger charge is -2.41. The van der Waals surface area contributed by atoms with Crippen LogP contribution in [0.1, 0.15) is 54.6 Å². The summed E-state index contributed by atoms with van der Waals surface area (Å²) in [4.78, 5) is 42.0. The number of hydrogen-bond acceptors (Lipinski definition) is 4. The summed E-state index contributed by atoms with van der Waals surface area (Å²) in [5.41, 5.74) is 0.998. The largest absolute Gasteiger partial charge is 0.335 e. The van der Waals surface area contributed by atoms with E-state index in [1.165, 1.54) is 19.9 Å². The summed E-state index contributed by atoms with van der Waals surface area (Å²) in [7, 11) is 3.23. The number of piperidine rings is 1. The summed E-state index contributed by atoms with van der Waals surface area (Å²) in [5, 5.41) is 0. The Labute approximate surface area is 189 Å². The average molecular weight is 439 g/mol. The third kappa shape index (κ3) is 4.72. The Hall–Kier alpha value is -2.67. The van der Waals surface area contributed by atoms with Crippen LogP contribution < -0.4 is 11.2 Å². The molecule has 1 aromatic heterocycles. The standard InChI is InChI=1S/C25H34N4O3/c1-26-21(17-23(30)27(2)25(26)32)18-28-15-12-19(13-16-28)22-11-7-4-8-14-29(22)24(31)20-9-5-3-6-10-20/h3,5-6,9-10,17,19,22H,4,7-8,11-16,18H2,1-2H3. The molecular weight excluding hydrogens is 404 g/mol. The Morgan fingerprint density at radius 3 is 2.34 bits per heavy atom. The van der Waals surface area contributed by atoms with Gasteiger partial charge in [0.25, 0.3) is 11.5 Å². The minimum absolute atomic E-state index is 0.162. The van der Waals surface area contributed by atoms with E-state index in [2.05, 4.69) is 9.80 Å². The molecule has 7 heteroatoms. The van der Waals surface area contributed by atoms with Crippen LogP contribution in [0.4, 0.5) is 0 Å². The Kier molecular flexibility index (Phi) is 6.94. The van der Waals surface area contributed by atoms with Crippen LogP contribution in [0.3, 0.4) is 0 Å². The Morgan fingerprint density at radius 1 is 0.906 bits per heavy atom. The first-order valence-corrected chi connectivity index (χ1v) is 11.8. The molecule has 2 aliphatic heterocycles. The van der Waals surface area contributed by atoms with Crippen LogP contribution in [0.25, 0.3) is 0 Å². The van der Waals surface area contributed by atoms with Crippen LogP contribution >= 0.6 is 0 Å². The number of likely N-dealkylation sites (tertiary alicyclic amines) is 2. The molecule has 2 aromatic rings. The van der Waals surface area contributed by atoms with E-state index in [-0.39, 0.29) is 17.2 Å². The van der Waals surface area contributed by atoms with Gasteiger partial charge >= 0.3 is 5.69 Å². The van der Waals surface area contributed by atoms with Crippen molar-refractivity contribution >= 4 is 5.91 Å². The highest BCUT2D eigenvalue weighted by molar-refractivity contribution is 5.94. The highest BCUT2D eigenvalue weighted by atomic mass is 16.2. The monoisotopic (exact) mass is 438 g/mol. The number of aromatic nitrogens is 2. The first kappa shape index (κ1) is 22.5. The Bertz CT molecular complexity index is 1050. The molecule has 0 bridgehead atoms. The van der Waals surface area contributed by atoms with Gasteiger partial charge in [0.15, 0.2) is 0 Å². The summed E-state index contributed by atoms with van der Waals surface area (Å²) in [6.07, 6.45) is 6.57. The molecule has 0 radical (unpaired) electrons. The second-order valence-electron chi connectivity index (χ2n) is 9.27. The molecule has 1 aromatic carbocycles. The van der Waals surface area contributed by atoms with Crippen LogP contribution in [-0.2, 0) is 20.6 Å². The van der Waals surface area contributed by atoms with E-state index in [4.69, 9.17) is 0 Å². The van der Waals surface area contributed by atoms with Crippen LogP contribution in [0.5, 0.6) is 0 Å². The molecule has 3 heterocycles. The third-order valence-electron chi connectivity index (χ3n) is 7.27. The molecule has 7 nitrogen and oxygen atoms in total. The van der Waals surface area contributed by atoms with E-state index in [9.17, 15) is 14.4 Å². The normalized spacial score (nSPS) is 20.8. The summed E-state index contributed by atoms with van der Waals surface area (Å²) in [6, 6.07) is 11.5. The first-order valence-electron chi connectivity index (χ1n) is 11.8. The highest BCUT2D eigenvalue weighted by Gasteiger charge is 2.34. The third-order valence-corrected chi connectivity index (χ3v) is 7.27. The molecule has 2 saturated heterocycles. The molecule has 32 heavy (non-hydrogen) atoms. The zero-order valence-corrected chi connectivity index (χ0v) is 19.2. The number of carbonyl (C=O) groups excluding carboxylic acids is 1. The van der Waals surface area contributed by atoms with Crippen LogP contribution in [0.15, 0.2) is 46.0 Å². The molecule has 1 amide bonds. The molecule has 4 rings (SSSR count). The number of carbonyl (C=O) groups is 1. The quantitative estimate of drug-likeness (QED) is 0.735. The summed E-state index contributed by atoms with van der Waals surface area (Å²) < 4.78 is 2.71. The van der Waals surface area contributed by atoms with Gasteiger partial charge in [-0.3, -0.25) is 23.6 Å². The Balaban J connectivity index is 1.44. The van der Waals surface area contributed by atoms with E-state index >= 15 is 0 Å². The molecule has 2 fully saturated rings. The maximum absolute atomic E-state index is 13.3. The van der Waals surface area contributed by atoms with Gasteiger partial charge in [-0.15, -0.1) is 0 Å². The molecule has 0 spiro atoms. The zero-order chi connectivity index (χ0) is 22.7. The van der Waals surface area contributed by atoms with Gasteiger partial charge in [0.2, 0.25) is 0 Å². The first-order chi connectivity index (χ1) is 15.5. The molecule has 0 aliphatic carbocycles. The van der Waals surface area contributed by atoms with Gasteiger partial charge in [-0.1, -0.05) is 31.0 Å². The van der Waals surface area contributed by atoms with E-state index in [1.807, 2.05) is 30.3 Å². The zero-order valence-electron chi connectivity index (χ0n) is 19.2. The molecule has 1 unspecified atom stereocenters. The molecule has 172 valence electrons. The second kappa shape index (κ2) is 9.86. The smallest absolute Gasteiger partial charge is 0.330 e. The van der Waals surface area contributed by atoms with Crippen molar-refractivity contribution in [1.29, 1.82) is 0 Å². The molecule has 0 saturated carbocycles. The molecule has 0 N–H and O–H groups in total. The van der Waals surface area contributed by atoms with Crippen molar-refractivity contribution in [2.24, 2.45) is 20.0 Å². The van der Waals surface area contributed by atoms with E-state index in [0.29, 0.717) is 18.5 Å². The summed E-state index contributed by atoms with van der Waals surface area (Å²) in [5.74, 6) is 0.652. The number of nitrogens with zero attached hydrogens (tertiary/aromatic N) is 4. The number of amides is 1. The summed E-state index contributed by atoms with van der Waals surface area (Å²) >= 11 is 0. The van der Waals surface area contributed by atoms with E-state index in [0.717, 1.165) is 61.1 Å². The molecular formula is C25H34N4O3. The molecule has 2 aliphatic rings. The number of hydrogen-bond donors (Lipinski definition) is 0. The van der Waals surface area contributed by atoms with Crippen molar-refractivity contribution in [3.8, 4) is 0 Å². The van der Waals surface area contributed by atoms with Gasteiger partial charge in [-0.25, -0.2) is 4.79 Å². The van der Waals surface area contributed by atoms with Gasteiger partial charge in [-0.2, -0.15) is 0 Å². The van der Waals surface area contributed by atoms with Crippen LogP contribution in [0.2, 0.25) is 0 Å². The van der Waals surface area contributed by atoms with Gasteiger partial charge in [0.05, 0.1) is 0 Å². The van der Waals surface area contributed by atoms with Gasteiger partial charge < -0.3 is 4.90 Å². The van der Waals surface area contributed by atoms with Crippen molar-refractivity contribution in [3.05, 3.63) is 68.5 Å². The predicted molar refractivity (Wildman–Crippen MR) is 125 cm³/mol. The van der Waals surface area contributed by atoms with Crippen molar-refractivity contribution < 1.29 is 4.79 Å². The van der Waals surface area contributed by atoms with Crippen molar-refractivity contribution in [2.75, 3.05) is 19.6 Å². The van der Waals surface area contributed by atoms with Gasteiger partial charge in [-0.05, 0) is 56.8 Å². The number of rotatable bonds is 4. The SMILES string of the molecule is Cn1c(CN2CCC(C3CCCCCN3C(=O)c3ccccc3)CC2)cc(=O)n(C)c1=O. The van der Waals surface area contributed by atoms with E-state index < -0.39 is 0 Å². The maximum Gasteiger partial charge on any atom is 0.330 e. The fourth-order valence-electron chi connectivity index (χ4n) is 5.28. The lowest BCUT2D eigenvalue weighted by Crippen LogP contribution is -2.48. The van der Waals surface area contributed by atoms with Gasteiger partial charge in [0, 0.05) is 50.6 Å². The van der Waals surface area contributed by atoms with Crippen LogP contribution in [0, 0.1) is 5.92 Å². The number of benzene rings is 1. The van der Waals surface area contributed by atoms with Crippen molar-refractivity contribution in [2.45, 2.75) is 51.1 Å². The minimum Gasteiger partial charge on any atom is -0.335 e. The van der Waals surface area contributed by atoms with E-state index in [1.54, 1.807) is 17.7 Å². The van der Waals surface area contributed by atoms with Crippen LogP contribution in [-0.4, -0.2) is 50.5 Å². The maximum atomic E-state index is 13.3. The highest BCUT2D eigenvalue weighted by Crippen LogP contribution is 2.31. The lowest BCUT2D eigenvalue weighted by molar-refractivity contribution is 0.0513. The van der Waals surface area contributed by atoms with Crippen molar-refractivity contribution in [3.63, 3.8) is 0 Å². The topological polar surface area (TPSA) is 67.5 Å². The fourth-order valence-corrected chi connectivity index (χ4v) is 5.28. The Morgan fingerprint density at radius 2 is 1.62 bits per heavy atom. The van der Waals surface area contributed by atoms with Gasteiger partial charge in [0.1, 0.15) is 0 Å². The summed E-state index contributed by atoms with van der Waals surface area (Å²) in [6.45, 7) is 3.27. The minimum atomic E-state index is -0.282. The fraction of sp³-hybridized carbons (Fsp3) is 0.560. The second-order valence-corrected chi connectivity index (χ2v) is 9.27. The lowest BCUT2D eigenvalue weighted by atomic mass is 9.85. The van der Waals surface area contributed by atoms with Crippen molar-refractivity contribution in [1.82, 2.24) is 18.9 Å². The molecule has 1 atom stereocenters. The average Bonchev–Trinajstić information content (AvgIpc) is 3.08. The predicted octanol–water partition coefficient (Wildman–Crippen LogP) is 2.38.